The van der Waals surface area contributed by atoms with Crippen molar-refractivity contribution in [3.8, 4) is 0 Å². The lowest BCUT2D eigenvalue weighted by Gasteiger charge is -2.24. The van der Waals surface area contributed by atoms with E-state index in [1.165, 1.54) is 10.9 Å². The number of rotatable bonds is 9. The minimum Gasteiger partial charge on any atom is -0.394 e. The number of H-pyrrole nitrogens is 1. The molecule has 33 heavy (non-hydrogen) atoms. The second kappa shape index (κ2) is 9.97. The maximum atomic E-state index is 12.4. The van der Waals surface area contributed by atoms with Crippen molar-refractivity contribution >= 4 is 30.8 Å². The largest absolute Gasteiger partial charge is 0.470 e. The molecule has 180 valence electrons. The third-order valence-corrected chi connectivity index (χ3v) is 5.55. The number of aromatic amines is 1. The first kappa shape index (κ1) is 24.8. The monoisotopic (exact) mass is 486 g/mol. The average Bonchev–Trinajstić information content (AvgIpc) is 3.28. The molecule has 3 rings (SSSR count). The van der Waals surface area contributed by atoms with Crippen molar-refractivity contribution in [1.29, 1.82) is 0 Å². The Morgan fingerprint density at radius 2 is 2.24 bits per heavy atom. The van der Waals surface area contributed by atoms with Crippen molar-refractivity contribution in [1.82, 2.24) is 19.5 Å². The van der Waals surface area contributed by atoms with E-state index in [0.717, 1.165) is 0 Å². The van der Waals surface area contributed by atoms with E-state index in [2.05, 4.69) is 30.3 Å². The molecule has 4 atom stereocenters. The molecule has 1 amide bonds. The van der Waals surface area contributed by atoms with Crippen LogP contribution in [0.5, 0.6) is 0 Å². The Bertz CT molecular complexity index is 1170. The molecule has 2 aromatic rings. The van der Waals surface area contributed by atoms with Crippen LogP contribution >= 0.6 is 7.82 Å². The molecule has 0 radical (unpaired) electrons. The van der Waals surface area contributed by atoms with Gasteiger partial charge in [-0.2, -0.15) is 4.98 Å². The van der Waals surface area contributed by atoms with Gasteiger partial charge in [0.05, 0.1) is 19.0 Å². The molecule has 1 aliphatic rings. The molecule has 16 nitrogen and oxygen atoms in total. The highest BCUT2D eigenvalue weighted by molar-refractivity contribution is 7.46. The van der Waals surface area contributed by atoms with Crippen LogP contribution < -0.4 is 10.9 Å². The molecule has 0 saturated carbocycles. The summed E-state index contributed by atoms with van der Waals surface area (Å²) in [6.07, 6.45) is -2.23. The summed E-state index contributed by atoms with van der Waals surface area (Å²) in [5.41, 5.74) is 7.70. The number of hydrogen-bond donors (Lipinski definition) is 5. The van der Waals surface area contributed by atoms with Crippen molar-refractivity contribution in [3.63, 3.8) is 0 Å². The number of aromatic nitrogens is 4. The lowest BCUT2D eigenvalue weighted by atomic mass is 9.94. The van der Waals surface area contributed by atoms with Crippen LogP contribution in [0.3, 0.4) is 0 Å². The molecule has 0 unspecified atom stereocenters. The second-order valence-electron chi connectivity index (χ2n) is 7.60. The van der Waals surface area contributed by atoms with E-state index in [1.807, 2.05) is 0 Å². The highest BCUT2D eigenvalue weighted by Crippen LogP contribution is 2.48. The first-order chi connectivity index (χ1) is 15.6. The van der Waals surface area contributed by atoms with Gasteiger partial charge < -0.3 is 19.6 Å². The first-order valence-electron chi connectivity index (χ1n) is 9.84. The second-order valence-corrected chi connectivity index (χ2v) is 8.79. The molecule has 2 aromatic heterocycles. The molecule has 1 aliphatic heterocycles. The van der Waals surface area contributed by atoms with Gasteiger partial charge >= 0.3 is 7.82 Å². The molecule has 0 aromatic carbocycles. The van der Waals surface area contributed by atoms with Crippen molar-refractivity contribution in [2.75, 3.05) is 18.5 Å². The van der Waals surface area contributed by atoms with Gasteiger partial charge in [0, 0.05) is 23.3 Å². The van der Waals surface area contributed by atoms with Crippen molar-refractivity contribution in [2.45, 2.75) is 38.7 Å². The summed E-state index contributed by atoms with van der Waals surface area (Å²) in [6.45, 7) is 2.74. The summed E-state index contributed by atoms with van der Waals surface area (Å²) in [6, 6.07) is 0. The van der Waals surface area contributed by atoms with Gasteiger partial charge in [-0.1, -0.05) is 19.0 Å². The summed E-state index contributed by atoms with van der Waals surface area (Å²) in [5, 5.41) is 15.6. The standard InChI is InChI=1S/C16H23N8O8P/c1-7(2)13(26)21-16-20-12-10(14(27)22-16)18-6-24(12)15-11(32-33(28,29)30)8(3-4-19-23-17)9(5-25)31-15/h6-9,11,15,25H,3-5H2,1-2H3,(H2,28,29,30)(H2,20,21,22,26,27)/t8-,9-,11-,15-/m1/s1. The number of ether oxygens (including phenoxy) is 1. The normalized spacial score (nSPS) is 23.1. The molecule has 5 N–H and O–H groups in total. The predicted octanol–water partition coefficient (Wildman–Crippen LogP) is 0.398. The van der Waals surface area contributed by atoms with Crippen molar-refractivity contribution in [3.05, 3.63) is 27.1 Å². The van der Waals surface area contributed by atoms with Crippen LogP contribution in [0.4, 0.5) is 5.95 Å². The van der Waals surface area contributed by atoms with Crippen molar-refractivity contribution in [2.24, 2.45) is 17.0 Å². The maximum absolute atomic E-state index is 12.4. The molecule has 1 fully saturated rings. The molecule has 3 heterocycles. The number of fused-ring (bicyclic) bond motifs is 1. The van der Waals surface area contributed by atoms with Gasteiger partial charge in [0.25, 0.3) is 5.56 Å². The summed E-state index contributed by atoms with van der Waals surface area (Å²) in [7, 11) is -5.02. The number of aliphatic hydroxyl groups excluding tert-OH is 1. The van der Waals surface area contributed by atoms with Crippen LogP contribution in [-0.4, -0.2) is 65.7 Å². The van der Waals surface area contributed by atoms with Crippen LogP contribution in [0.15, 0.2) is 16.2 Å². The highest BCUT2D eigenvalue weighted by atomic mass is 31.2. The minimum absolute atomic E-state index is 0.0389. The number of imidazole rings is 1. The van der Waals surface area contributed by atoms with Crippen LogP contribution in [-0.2, 0) is 18.6 Å². The number of aliphatic hydroxyl groups is 1. The summed E-state index contributed by atoms with van der Waals surface area (Å²) >= 11 is 0. The van der Waals surface area contributed by atoms with Gasteiger partial charge in [0.2, 0.25) is 11.9 Å². The van der Waals surface area contributed by atoms with Gasteiger partial charge in [0.1, 0.15) is 6.10 Å². The van der Waals surface area contributed by atoms with E-state index in [4.69, 9.17) is 14.8 Å². The zero-order valence-electron chi connectivity index (χ0n) is 17.6. The Hall–Kier alpha value is -2.84. The number of hydrogen-bond acceptors (Lipinski definition) is 9. The Morgan fingerprint density at radius 3 is 2.85 bits per heavy atom. The molecule has 0 bridgehead atoms. The zero-order chi connectivity index (χ0) is 24.3. The number of amides is 1. The van der Waals surface area contributed by atoms with Crippen molar-refractivity contribution < 1.29 is 33.5 Å². The SMILES string of the molecule is CC(C)C(=O)Nc1nc2c(ncn2[C@@H]2O[C@H](CO)[C@@H](CCN=[N+]=[N-])[C@H]2OP(=O)(O)O)c(=O)[nH]1. The first-order valence-corrected chi connectivity index (χ1v) is 11.4. The summed E-state index contributed by atoms with van der Waals surface area (Å²) < 4.78 is 23.7. The number of nitrogens with one attached hydrogen (secondary N) is 2. The van der Waals surface area contributed by atoms with Crippen LogP contribution in [0.2, 0.25) is 0 Å². The Kier molecular flexibility index (Phi) is 7.49. The number of azide groups is 1. The molecule has 17 heteroatoms. The van der Waals surface area contributed by atoms with E-state index < -0.39 is 56.2 Å². The number of phosphoric ester groups is 1. The Balaban J connectivity index is 2.06. The lowest BCUT2D eigenvalue weighted by molar-refractivity contribution is -0.118. The van der Waals surface area contributed by atoms with Crippen LogP contribution in [0, 0.1) is 11.8 Å². The fraction of sp³-hybridized carbons (Fsp3) is 0.625. The Morgan fingerprint density at radius 1 is 1.52 bits per heavy atom. The van der Waals surface area contributed by atoms with E-state index >= 15 is 0 Å². The third kappa shape index (κ3) is 5.57. The minimum atomic E-state index is -5.02. The molecular formula is C16H23N8O8P. The van der Waals surface area contributed by atoms with Gasteiger partial charge in [-0.05, 0) is 12.0 Å². The number of carbonyl (C=O) groups is 1. The third-order valence-electron chi connectivity index (χ3n) is 5.03. The smallest absolute Gasteiger partial charge is 0.394 e. The average molecular weight is 486 g/mol. The summed E-state index contributed by atoms with van der Waals surface area (Å²) in [4.78, 5) is 56.6. The highest BCUT2D eigenvalue weighted by Gasteiger charge is 2.48. The van der Waals surface area contributed by atoms with Gasteiger partial charge in [0.15, 0.2) is 17.4 Å². The number of nitrogens with zero attached hydrogens (tertiary/aromatic N) is 6. The van der Waals surface area contributed by atoms with E-state index in [-0.39, 0.29) is 30.1 Å². The molecule has 0 spiro atoms. The maximum Gasteiger partial charge on any atom is 0.470 e. The summed E-state index contributed by atoms with van der Waals surface area (Å²) in [5.74, 6) is -1.73. The molecule has 0 aliphatic carbocycles. The molecule has 1 saturated heterocycles. The fourth-order valence-electron chi connectivity index (χ4n) is 3.51. The van der Waals surface area contributed by atoms with Gasteiger partial charge in [-0.3, -0.25) is 29.0 Å². The van der Waals surface area contributed by atoms with E-state index in [0.29, 0.717) is 0 Å². The molecular weight excluding hydrogens is 463 g/mol. The quantitative estimate of drug-likeness (QED) is 0.141. The number of anilines is 1. The predicted molar refractivity (Wildman–Crippen MR) is 112 cm³/mol. The zero-order valence-corrected chi connectivity index (χ0v) is 18.5. The number of phosphoric acid groups is 1. The van der Waals surface area contributed by atoms with Crippen LogP contribution in [0.1, 0.15) is 26.5 Å². The van der Waals surface area contributed by atoms with E-state index in [1.54, 1.807) is 13.8 Å². The Labute approximate surface area is 185 Å². The topological polar surface area (TPSA) is 238 Å². The van der Waals surface area contributed by atoms with E-state index in [9.17, 15) is 29.0 Å². The fourth-order valence-corrected chi connectivity index (χ4v) is 4.08. The lowest BCUT2D eigenvalue weighted by Crippen LogP contribution is -2.30. The number of carbonyl (C=O) groups excluding carboxylic acids is 1. The van der Waals surface area contributed by atoms with Gasteiger partial charge in [-0.25, -0.2) is 9.55 Å². The van der Waals surface area contributed by atoms with Gasteiger partial charge in [-0.15, -0.1) is 0 Å². The van der Waals surface area contributed by atoms with Crippen LogP contribution in [0.25, 0.3) is 21.6 Å².